The Morgan fingerprint density at radius 3 is 2.23 bits per heavy atom. The maximum Gasteiger partial charge on any atom is 0.405 e. The van der Waals surface area contributed by atoms with Crippen LogP contribution in [0.3, 0.4) is 0 Å². The van der Waals surface area contributed by atoms with E-state index in [0.29, 0.717) is 5.57 Å². The molecule has 2 amide bonds. The molecule has 7 atom stereocenters. The number of nitrogens with one attached hydrogen (secondary N) is 1. The van der Waals surface area contributed by atoms with E-state index >= 15 is 0 Å². The molecule has 222 valence electrons. The van der Waals surface area contributed by atoms with Gasteiger partial charge < -0.3 is 40.6 Å². The summed E-state index contributed by atoms with van der Waals surface area (Å²) in [5, 5.41) is 35.0. The molecule has 0 aromatic heterocycles. The molecular formula is C28H40N2O10. The second-order valence-electron chi connectivity index (χ2n) is 10.4. The van der Waals surface area contributed by atoms with Gasteiger partial charge in [0.05, 0.1) is 24.0 Å². The minimum absolute atomic E-state index is 0.0168. The molecule has 0 unspecified atom stereocenters. The van der Waals surface area contributed by atoms with Crippen LogP contribution in [0, 0.1) is 11.8 Å². The van der Waals surface area contributed by atoms with Crippen LogP contribution < -0.4 is 11.1 Å². The topological polar surface area (TPSA) is 195 Å². The van der Waals surface area contributed by atoms with Gasteiger partial charge in [0.1, 0.15) is 11.9 Å². The first-order chi connectivity index (χ1) is 18.7. The highest BCUT2D eigenvalue weighted by Gasteiger charge is 2.34. The summed E-state index contributed by atoms with van der Waals surface area (Å²) in [6.45, 7) is 6.60. The molecule has 1 aliphatic heterocycles. The van der Waals surface area contributed by atoms with Crippen molar-refractivity contribution in [3.05, 3.63) is 46.4 Å². The first-order valence-corrected chi connectivity index (χ1v) is 13.0. The van der Waals surface area contributed by atoms with Crippen LogP contribution in [0.15, 0.2) is 46.4 Å². The number of fused-ring (bicyclic) bond motifs is 1. The number of rotatable bonds is 3. The smallest absolute Gasteiger partial charge is 0.405 e. The van der Waals surface area contributed by atoms with E-state index in [-0.39, 0.29) is 42.0 Å². The van der Waals surface area contributed by atoms with Gasteiger partial charge in [-0.3, -0.25) is 14.4 Å². The Hall–Kier alpha value is -3.32. The average Bonchev–Trinajstić information content (AvgIpc) is 2.88. The van der Waals surface area contributed by atoms with E-state index in [1.807, 2.05) is 0 Å². The van der Waals surface area contributed by atoms with Crippen molar-refractivity contribution in [2.24, 2.45) is 17.6 Å². The lowest BCUT2D eigenvalue weighted by Gasteiger charge is -2.30. The molecule has 0 spiro atoms. The lowest BCUT2D eigenvalue weighted by atomic mass is 9.85. The number of ether oxygens (including phenoxy) is 3. The molecule has 0 radical (unpaired) electrons. The summed E-state index contributed by atoms with van der Waals surface area (Å²) in [7, 11) is 2.79. The summed E-state index contributed by atoms with van der Waals surface area (Å²) >= 11 is 0. The third kappa shape index (κ3) is 8.34. The van der Waals surface area contributed by atoms with Crippen molar-refractivity contribution in [2.75, 3.05) is 14.2 Å². The molecule has 2 bridgehead atoms. The van der Waals surface area contributed by atoms with E-state index < -0.39 is 65.8 Å². The summed E-state index contributed by atoms with van der Waals surface area (Å²) in [5.41, 5.74) is 5.46. The summed E-state index contributed by atoms with van der Waals surface area (Å²) in [6.07, 6.45) is -2.02. The van der Waals surface area contributed by atoms with Crippen LogP contribution in [-0.2, 0) is 28.6 Å². The molecule has 6 N–H and O–H groups in total. The Labute approximate surface area is 233 Å². The number of hydrogen-bond donors (Lipinski definition) is 5. The van der Waals surface area contributed by atoms with Crippen molar-refractivity contribution in [3.8, 4) is 0 Å². The van der Waals surface area contributed by atoms with Crippen molar-refractivity contribution in [1.82, 2.24) is 5.32 Å². The van der Waals surface area contributed by atoms with Crippen LogP contribution in [0.25, 0.3) is 0 Å². The van der Waals surface area contributed by atoms with Gasteiger partial charge in [0, 0.05) is 43.8 Å². The summed E-state index contributed by atoms with van der Waals surface area (Å²) in [5.74, 6) is -3.88. The number of ketones is 2. The molecule has 0 aromatic carbocycles. The number of carbonyl (C=O) groups excluding carboxylic acids is 4. The molecule has 40 heavy (non-hydrogen) atoms. The Morgan fingerprint density at radius 2 is 1.65 bits per heavy atom. The highest BCUT2D eigenvalue weighted by Crippen LogP contribution is 2.29. The molecule has 12 nitrogen and oxygen atoms in total. The van der Waals surface area contributed by atoms with Gasteiger partial charge in [0.2, 0.25) is 11.6 Å². The van der Waals surface area contributed by atoms with Gasteiger partial charge in [0.15, 0.2) is 6.10 Å². The van der Waals surface area contributed by atoms with Crippen LogP contribution in [0.2, 0.25) is 0 Å². The molecule has 1 aliphatic carbocycles. The number of hydrogen-bond acceptors (Lipinski definition) is 10. The van der Waals surface area contributed by atoms with E-state index in [1.54, 1.807) is 26.8 Å². The number of methoxy groups -OCH3 is 2. The summed E-state index contributed by atoms with van der Waals surface area (Å²) in [6, 6.07) is 0. The predicted octanol–water partition coefficient (Wildman–Crippen LogP) is 1.51. The van der Waals surface area contributed by atoms with E-state index in [9.17, 15) is 34.5 Å². The van der Waals surface area contributed by atoms with Gasteiger partial charge in [-0.15, -0.1) is 0 Å². The molecule has 0 fully saturated rings. The van der Waals surface area contributed by atoms with E-state index in [0.717, 1.165) is 6.08 Å². The first kappa shape index (κ1) is 32.9. The zero-order chi connectivity index (χ0) is 30.3. The monoisotopic (exact) mass is 564 g/mol. The van der Waals surface area contributed by atoms with Crippen molar-refractivity contribution in [1.29, 1.82) is 0 Å². The van der Waals surface area contributed by atoms with Gasteiger partial charge in [-0.25, -0.2) is 4.79 Å². The van der Waals surface area contributed by atoms with Crippen molar-refractivity contribution >= 4 is 23.6 Å². The molecule has 2 aliphatic rings. The number of allylic oxidation sites excluding steroid dienone is 2. The summed E-state index contributed by atoms with van der Waals surface area (Å²) < 4.78 is 16.4. The average molecular weight is 565 g/mol. The largest absolute Gasteiger partial charge is 0.505 e. The normalized spacial score (nSPS) is 34.2. The highest BCUT2D eigenvalue weighted by molar-refractivity contribution is 6.48. The van der Waals surface area contributed by atoms with Crippen molar-refractivity contribution in [2.45, 2.75) is 77.5 Å². The number of amides is 2. The minimum Gasteiger partial charge on any atom is -0.505 e. The molecular weight excluding hydrogens is 524 g/mol. The van der Waals surface area contributed by atoms with Crippen LogP contribution in [0.4, 0.5) is 4.79 Å². The molecule has 0 saturated carbocycles. The third-order valence-electron chi connectivity index (χ3n) is 7.10. The number of aliphatic hydroxyl groups excluding tert-OH is 3. The zero-order valence-electron chi connectivity index (χ0n) is 23.7. The predicted molar refractivity (Wildman–Crippen MR) is 144 cm³/mol. The fraction of sp³-hybridized carbons (Fsp3) is 0.571. The van der Waals surface area contributed by atoms with Crippen molar-refractivity contribution < 1.29 is 48.7 Å². The second kappa shape index (κ2) is 14.4. The highest BCUT2D eigenvalue weighted by atomic mass is 16.6. The van der Waals surface area contributed by atoms with Crippen LogP contribution in [0.5, 0.6) is 0 Å². The third-order valence-corrected chi connectivity index (χ3v) is 7.10. The first-order valence-electron chi connectivity index (χ1n) is 13.0. The second-order valence-corrected chi connectivity index (χ2v) is 10.4. The Kier molecular flexibility index (Phi) is 11.8. The van der Waals surface area contributed by atoms with E-state index in [2.05, 4.69) is 5.32 Å². The lowest BCUT2D eigenvalue weighted by molar-refractivity contribution is -0.132. The maximum absolute atomic E-state index is 12.8. The number of Topliss-reactive ketones (excluding diaryl/α,β-unsaturated/α-hetero) is 1. The number of aliphatic hydroxyl groups is 3. The van der Waals surface area contributed by atoms with Gasteiger partial charge >= 0.3 is 6.09 Å². The standard InChI is InChI=1S/C28H40N2O10/c1-13-7-18-24(34)19(12-20(32)25(18)35)30-27(36)16(4)10-17(31)11-22(39-6)26(40-28(29)37)15(3)9-14(2)23(33)21(8-13)38-5/h9-10,12-14,17,21-23,26,31,33-34H,7-8,11H2,1-6H3,(H2,29,37)(H,30,36)/b15-9+,16-10+/t13-,14+,17+,21+,22+,23-,26+/m1/s1. The number of nitrogens with two attached hydrogens (primary N) is 1. The van der Waals surface area contributed by atoms with Crippen LogP contribution in [0.1, 0.15) is 47.0 Å². The molecule has 1 heterocycles. The van der Waals surface area contributed by atoms with Gasteiger partial charge in [-0.2, -0.15) is 0 Å². The molecule has 0 aromatic rings. The Morgan fingerprint density at radius 1 is 1.02 bits per heavy atom. The quantitative estimate of drug-likeness (QED) is 0.190. The zero-order valence-corrected chi connectivity index (χ0v) is 23.7. The fourth-order valence-corrected chi connectivity index (χ4v) is 4.94. The number of carbonyl (C=O) groups is 4. The maximum atomic E-state index is 12.8. The van der Waals surface area contributed by atoms with Crippen LogP contribution >= 0.6 is 0 Å². The van der Waals surface area contributed by atoms with Gasteiger partial charge in [0.25, 0.3) is 5.91 Å². The summed E-state index contributed by atoms with van der Waals surface area (Å²) in [4.78, 5) is 49.5. The van der Waals surface area contributed by atoms with Crippen LogP contribution in [-0.4, -0.2) is 83.6 Å². The fourth-order valence-electron chi connectivity index (χ4n) is 4.94. The molecule has 0 saturated heterocycles. The van der Waals surface area contributed by atoms with Gasteiger partial charge in [-0.05, 0) is 44.3 Å². The lowest BCUT2D eigenvalue weighted by Crippen LogP contribution is -2.39. The molecule has 12 heteroatoms. The number of primary amides is 1. The minimum atomic E-state index is -1.24. The Bertz CT molecular complexity index is 1120. The van der Waals surface area contributed by atoms with Gasteiger partial charge in [-0.1, -0.05) is 19.9 Å². The van der Waals surface area contributed by atoms with E-state index in [1.165, 1.54) is 27.2 Å². The van der Waals surface area contributed by atoms with E-state index in [4.69, 9.17) is 19.9 Å². The molecule has 2 rings (SSSR count). The SMILES string of the molecule is CO[C@H]1C[C@H](C)CC2=C(O)C(=CC(=O)C2=O)NC(=O)/C(C)=C/[C@H](O)C[C@H](OC)[C@@H](OC(N)=O)/C(C)=C/[C@H](C)[C@H]1O. The van der Waals surface area contributed by atoms with Crippen molar-refractivity contribution in [3.63, 3.8) is 0 Å². The Balaban J connectivity index is 2.59.